The number of hydrogen-bond acceptors (Lipinski definition) is 3. The minimum Gasteiger partial charge on any atom is -0.462 e. The summed E-state index contributed by atoms with van der Waals surface area (Å²) in [5.41, 5.74) is -0.213. The van der Waals surface area contributed by atoms with Crippen molar-refractivity contribution in [3.05, 3.63) is 35.9 Å². The third kappa shape index (κ3) is 4.03. The van der Waals surface area contributed by atoms with Crippen molar-refractivity contribution in [3.8, 4) is 0 Å². The van der Waals surface area contributed by atoms with Gasteiger partial charge in [0, 0.05) is 6.42 Å². The lowest BCUT2D eigenvalue weighted by atomic mass is 10.0. The minimum atomic E-state index is -0.753. The van der Waals surface area contributed by atoms with Gasteiger partial charge in [-0.3, -0.25) is 0 Å². The van der Waals surface area contributed by atoms with Crippen molar-refractivity contribution in [2.45, 2.75) is 32.3 Å². The zero-order valence-electron chi connectivity index (χ0n) is 9.77. The van der Waals surface area contributed by atoms with Gasteiger partial charge in [-0.15, -0.1) is 0 Å². The van der Waals surface area contributed by atoms with Crippen molar-refractivity contribution in [2.75, 3.05) is 6.61 Å². The van der Waals surface area contributed by atoms with E-state index < -0.39 is 5.60 Å². The van der Waals surface area contributed by atoms with Crippen LogP contribution in [-0.4, -0.2) is 23.3 Å². The third-order valence-corrected chi connectivity index (χ3v) is 2.64. The van der Waals surface area contributed by atoms with E-state index in [1.54, 1.807) is 31.2 Å². The lowest BCUT2D eigenvalue weighted by molar-refractivity contribution is 0.0129. The Labute approximate surface area is 96.1 Å². The molecule has 1 unspecified atom stereocenters. The summed E-state index contributed by atoms with van der Waals surface area (Å²) in [7, 11) is 0. The van der Waals surface area contributed by atoms with Gasteiger partial charge in [0.1, 0.15) is 0 Å². The van der Waals surface area contributed by atoms with Crippen LogP contribution in [0.15, 0.2) is 30.3 Å². The van der Waals surface area contributed by atoms with E-state index in [0.717, 1.165) is 0 Å². The highest BCUT2D eigenvalue weighted by Gasteiger charge is 2.18. The van der Waals surface area contributed by atoms with Crippen LogP contribution in [0.1, 0.15) is 37.0 Å². The molecule has 0 aliphatic carbocycles. The average Bonchev–Trinajstić information content (AvgIpc) is 2.30. The van der Waals surface area contributed by atoms with Crippen LogP contribution >= 0.6 is 0 Å². The summed E-state index contributed by atoms with van der Waals surface area (Å²) in [6.45, 7) is 3.89. The van der Waals surface area contributed by atoms with Gasteiger partial charge in [-0.1, -0.05) is 25.1 Å². The zero-order valence-corrected chi connectivity index (χ0v) is 9.77. The van der Waals surface area contributed by atoms with Crippen LogP contribution < -0.4 is 0 Å². The first-order chi connectivity index (χ1) is 7.55. The molecule has 0 radical (unpaired) electrons. The summed E-state index contributed by atoms with van der Waals surface area (Å²) in [5.74, 6) is -0.340. The number of aliphatic hydroxyl groups is 1. The molecule has 1 N–H and O–H groups in total. The zero-order chi connectivity index (χ0) is 12.0. The van der Waals surface area contributed by atoms with Crippen LogP contribution in [0.25, 0.3) is 0 Å². The van der Waals surface area contributed by atoms with Crippen LogP contribution in [-0.2, 0) is 4.74 Å². The van der Waals surface area contributed by atoms with Gasteiger partial charge in [0.25, 0.3) is 0 Å². The molecule has 0 spiro atoms. The molecule has 0 aliphatic rings. The number of hydrogen-bond donors (Lipinski definition) is 1. The van der Waals surface area contributed by atoms with E-state index in [0.29, 0.717) is 18.4 Å². The van der Waals surface area contributed by atoms with Gasteiger partial charge in [0.15, 0.2) is 0 Å². The molecule has 1 aromatic carbocycles. The molecule has 3 heteroatoms. The fourth-order valence-electron chi connectivity index (χ4n) is 1.20. The van der Waals surface area contributed by atoms with Gasteiger partial charge in [-0.05, 0) is 25.5 Å². The molecule has 1 atom stereocenters. The van der Waals surface area contributed by atoms with Crippen molar-refractivity contribution < 1.29 is 14.6 Å². The Hall–Kier alpha value is -1.35. The average molecular weight is 222 g/mol. The van der Waals surface area contributed by atoms with Crippen LogP contribution in [0.5, 0.6) is 0 Å². The number of rotatable bonds is 5. The monoisotopic (exact) mass is 222 g/mol. The Morgan fingerprint density at radius 2 is 2.00 bits per heavy atom. The first kappa shape index (κ1) is 12.7. The maximum absolute atomic E-state index is 11.5. The van der Waals surface area contributed by atoms with Gasteiger partial charge in [-0.25, -0.2) is 4.79 Å². The molecular weight excluding hydrogens is 204 g/mol. The maximum atomic E-state index is 11.5. The van der Waals surface area contributed by atoms with E-state index >= 15 is 0 Å². The second-order valence-corrected chi connectivity index (χ2v) is 4.10. The van der Waals surface area contributed by atoms with Crippen molar-refractivity contribution in [1.29, 1.82) is 0 Å². The summed E-state index contributed by atoms with van der Waals surface area (Å²) < 4.78 is 5.07. The lowest BCUT2D eigenvalue weighted by Crippen LogP contribution is -2.25. The highest BCUT2D eigenvalue weighted by molar-refractivity contribution is 5.89. The number of carbonyl (C=O) groups is 1. The molecule has 0 saturated heterocycles. The highest BCUT2D eigenvalue weighted by Crippen LogP contribution is 2.13. The summed E-state index contributed by atoms with van der Waals surface area (Å²) in [6.07, 6.45) is 1.11. The summed E-state index contributed by atoms with van der Waals surface area (Å²) in [5, 5.41) is 9.72. The molecular formula is C13H18O3. The van der Waals surface area contributed by atoms with Crippen LogP contribution in [0.4, 0.5) is 0 Å². The Morgan fingerprint density at radius 1 is 1.38 bits per heavy atom. The topological polar surface area (TPSA) is 46.5 Å². The minimum absolute atomic E-state index is 0.245. The van der Waals surface area contributed by atoms with Crippen LogP contribution in [0.3, 0.4) is 0 Å². The molecule has 0 heterocycles. The normalized spacial score (nSPS) is 14.2. The van der Waals surface area contributed by atoms with Crippen LogP contribution in [0, 0.1) is 0 Å². The van der Waals surface area contributed by atoms with E-state index in [1.807, 2.05) is 13.0 Å². The lowest BCUT2D eigenvalue weighted by Gasteiger charge is -2.20. The summed E-state index contributed by atoms with van der Waals surface area (Å²) in [4.78, 5) is 11.5. The van der Waals surface area contributed by atoms with Gasteiger partial charge in [0.2, 0.25) is 0 Å². The summed E-state index contributed by atoms with van der Waals surface area (Å²) >= 11 is 0. The van der Waals surface area contributed by atoms with Crippen molar-refractivity contribution in [3.63, 3.8) is 0 Å². The smallest absolute Gasteiger partial charge is 0.338 e. The molecule has 1 aromatic rings. The Kier molecular flexibility index (Phi) is 4.50. The molecule has 0 amide bonds. The van der Waals surface area contributed by atoms with Gasteiger partial charge in [-0.2, -0.15) is 0 Å². The molecule has 16 heavy (non-hydrogen) atoms. The summed E-state index contributed by atoms with van der Waals surface area (Å²) in [6, 6.07) is 8.84. The van der Waals surface area contributed by atoms with Crippen LogP contribution in [0.2, 0.25) is 0 Å². The molecule has 0 fully saturated rings. The van der Waals surface area contributed by atoms with E-state index in [2.05, 4.69) is 0 Å². The fraction of sp³-hybridized carbons (Fsp3) is 0.462. The van der Waals surface area contributed by atoms with Gasteiger partial charge >= 0.3 is 5.97 Å². The number of benzene rings is 1. The highest BCUT2D eigenvalue weighted by atomic mass is 16.5. The second kappa shape index (κ2) is 5.66. The SMILES string of the molecule is CCC(C)(O)CCOC(=O)c1ccccc1. The van der Waals surface area contributed by atoms with E-state index in [-0.39, 0.29) is 12.6 Å². The van der Waals surface area contributed by atoms with Gasteiger partial charge in [0.05, 0.1) is 17.8 Å². The van der Waals surface area contributed by atoms with E-state index in [9.17, 15) is 9.90 Å². The maximum Gasteiger partial charge on any atom is 0.338 e. The second-order valence-electron chi connectivity index (χ2n) is 4.10. The van der Waals surface area contributed by atoms with E-state index in [1.165, 1.54) is 0 Å². The third-order valence-electron chi connectivity index (χ3n) is 2.64. The van der Waals surface area contributed by atoms with Crippen molar-refractivity contribution >= 4 is 5.97 Å². The van der Waals surface area contributed by atoms with Crippen molar-refractivity contribution in [1.82, 2.24) is 0 Å². The predicted molar refractivity (Wildman–Crippen MR) is 62.3 cm³/mol. The molecule has 0 saturated carbocycles. The Balaban J connectivity index is 2.37. The Bertz CT molecular complexity index is 330. The quantitative estimate of drug-likeness (QED) is 0.778. The molecule has 0 aromatic heterocycles. The fourth-order valence-corrected chi connectivity index (χ4v) is 1.20. The largest absolute Gasteiger partial charge is 0.462 e. The first-order valence-corrected chi connectivity index (χ1v) is 5.50. The standard InChI is InChI=1S/C13H18O3/c1-3-13(2,15)9-10-16-12(14)11-7-5-4-6-8-11/h4-8,15H,3,9-10H2,1-2H3. The molecule has 0 aliphatic heterocycles. The molecule has 0 bridgehead atoms. The molecule has 3 nitrogen and oxygen atoms in total. The van der Waals surface area contributed by atoms with Gasteiger partial charge < -0.3 is 9.84 Å². The molecule has 1 rings (SSSR count). The van der Waals surface area contributed by atoms with E-state index in [4.69, 9.17) is 4.74 Å². The number of carbonyl (C=O) groups excluding carboxylic acids is 1. The molecule has 88 valence electrons. The first-order valence-electron chi connectivity index (χ1n) is 5.50. The number of esters is 1. The number of ether oxygens (including phenoxy) is 1. The predicted octanol–water partition coefficient (Wildman–Crippen LogP) is 2.39. The Morgan fingerprint density at radius 3 is 2.56 bits per heavy atom. The van der Waals surface area contributed by atoms with Crippen molar-refractivity contribution in [2.24, 2.45) is 0 Å².